The molecular weight excluding hydrogens is 168 g/mol. The SMILES string of the molecule is OC1C2CC3CC1C(O)C(C2)C3O. The van der Waals surface area contributed by atoms with E-state index in [0.717, 1.165) is 19.3 Å². The Morgan fingerprint density at radius 1 is 0.615 bits per heavy atom. The summed E-state index contributed by atoms with van der Waals surface area (Å²) in [6.07, 6.45) is 1.51. The van der Waals surface area contributed by atoms with Gasteiger partial charge in [-0.2, -0.15) is 0 Å². The van der Waals surface area contributed by atoms with E-state index in [-0.39, 0.29) is 24.0 Å². The van der Waals surface area contributed by atoms with E-state index in [9.17, 15) is 15.3 Å². The monoisotopic (exact) mass is 184 g/mol. The molecule has 74 valence electrons. The van der Waals surface area contributed by atoms with Gasteiger partial charge in [-0.05, 0) is 31.1 Å². The van der Waals surface area contributed by atoms with Crippen molar-refractivity contribution in [3.63, 3.8) is 0 Å². The van der Waals surface area contributed by atoms with E-state index >= 15 is 0 Å². The first-order chi connectivity index (χ1) is 6.18. The minimum atomic E-state index is -0.460. The molecule has 0 heterocycles. The van der Waals surface area contributed by atoms with Crippen LogP contribution in [0.15, 0.2) is 0 Å². The molecule has 0 aromatic carbocycles. The van der Waals surface area contributed by atoms with E-state index in [1.807, 2.05) is 0 Å². The minimum absolute atomic E-state index is 0.0471. The minimum Gasteiger partial charge on any atom is -0.392 e. The first-order valence-electron chi connectivity index (χ1n) is 5.22. The van der Waals surface area contributed by atoms with Crippen molar-refractivity contribution in [2.45, 2.75) is 37.6 Å². The van der Waals surface area contributed by atoms with Crippen LogP contribution in [0.5, 0.6) is 0 Å². The van der Waals surface area contributed by atoms with Crippen LogP contribution in [0, 0.1) is 23.7 Å². The van der Waals surface area contributed by atoms with Crippen LogP contribution in [0.25, 0.3) is 0 Å². The molecule has 0 radical (unpaired) electrons. The van der Waals surface area contributed by atoms with Crippen LogP contribution in [-0.4, -0.2) is 33.6 Å². The van der Waals surface area contributed by atoms with Crippen LogP contribution < -0.4 is 0 Å². The Labute approximate surface area is 77.4 Å². The van der Waals surface area contributed by atoms with Crippen molar-refractivity contribution < 1.29 is 15.3 Å². The third kappa shape index (κ3) is 0.901. The molecule has 4 aliphatic rings. The highest BCUT2D eigenvalue weighted by Gasteiger charge is 2.56. The zero-order chi connectivity index (χ0) is 9.16. The molecule has 4 fully saturated rings. The lowest BCUT2D eigenvalue weighted by Crippen LogP contribution is -2.61. The molecule has 3 nitrogen and oxygen atoms in total. The number of aliphatic hydroxyl groups excluding tert-OH is 3. The second kappa shape index (κ2) is 2.47. The maximum Gasteiger partial charge on any atom is 0.0646 e. The van der Waals surface area contributed by atoms with Gasteiger partial charge in [-0.15, -0.1) is 0 Å². The van der Waals surface area contributed by atoms with Crippen molar-refractivity contribution in [1.29, 1.82) is 0 Å². The van der Waals surface area contributed by atoms with Gasteiger partial charge in [-0.25, -0.2) is 0 Å². The summed E-state index contributed by atoms with van der Waals surface area (Å²) in [6.45, 7) is 0. The Kier molecular flexibility index (Phi) is 1.56. The normalized spacial score (nSPS) is 64.4. The second-order valence-electron chi connectivity index (χ2n) is 5.03. The molecule has 0 aromatic rings. The lowest BCUT2D eigenvalue weighted by molar-refractivity contribution is -0.206. The number of hydrogen-bond donors (Lipinski definition) is 3. The van der Waals surface area contributed by atoms with Crippen LogP contribution >= 0.6 is 0 Å². The zero-order valence-corrected chi connectivity index (χ0v) is 7.50. The summed E-state index contributed by atoms with van der Waals surface area (Å²) in [5.41, 5.74) is 0. The average Bonchev–Trinajstić information content (AvgIpc) is 2.10. The molecule has 0 spiro atoms. The van der Waals surface area contributed by atoms with Crippen molar-refractivity contribution in [3.8, 4) is 0 Å². The molecule has 13 heavy (non-hydrogen) atoms. The fourth-order valence-electron chi connectivity index (χ4n) is 3.82. The van der Waals surface area contributed by atoms with Crippen molar-refractivity contribution in [2.24, 2.45) is 23.7 Å². The Morgan fingerprint density at radius 2 is 1.08 bits per heavy atom. The summed E-state index contributed by atoms with van der Waals surface area (Å²) in [6, 6.07) is 0. The fraction of sp³-hybridized carbons (Fsp3) is 1.00. The van der Waals surface area contributed by atoms with Crippen LogP contribution in [-0.2, 0) is 0 Å². The lowest BCUT2D eigenvalue weighted by Gasteiger charge is -2.57. The standard InChI is InChI=1S/C10H16O3/c11-8-4-1-5-3-7(8)10(13)6(2-4)9(5)12/h4-13H,1-3H2. The summed E-state index contributed by atoms with van der Waals surface area (Å²) in [5.74, 6) is 0.790. The predicted octanol–water partition coefficient (Wildman–Crippen LogP) is -0.255. The van der Waals surface area contributed by atoms with Crippen molar-refractivity contribution >= 4 is 0 Å². The van der Waals surface area contributed by atoms with Gasteiger partial charge in [0.1, 0.15) is 0 Å². The third-order valence-electron chi connectivity index (χ3n) is 4.48. The van der Waals surface area contributed by atoms with Gasteiger partial charge in [0.05, 0.1) is 18.3 Å². The van der Waals surface area contributed by atoms with E-state index < -0.39 is 6.10 Å². The van der Waals surface area contributed by atoms with Gasteiger partial charge in [-0.3, -0.25) is 0 Å². The van der Waals surface area contributed by atoms with E-state index in [1.54, 1.807) is 0 Å². The molecule has 0 saturated heterocycles. The molecule has 3 heteroatoms. The van der Waals surface area contributed by atoms with Gasteiger partial charge in [-0.1, -0.05) is 0 Å². The highest BCUT2D eigenvalue weighted by molar-refractivity contribution is 5.06. The Bertz CT molecular complexity index is 208. The smallest absolute Gasteiger partial charge is 0.0646 e. The second-order valence-corrected chi connectivity index (χ2v) is 5.03. The zero-order valence-electron chi connectivity index (χ0n) is 7.50. The molecule has 6 atom stereocenters. The summed E-state index contributed by atoms with van der Waals surface area (Å²) in [5, 5.41) is 29.5. The van der Waals surface area contributed by atoms with Crippen LogP contribution in [0.3, 0.4) is 0 Å². The van der Waals surface area contributed by atoms with E-state index in [4.69, 9.17) is 0 Å². The summed E-state index contributed by atoms with van der Waals surface area (Å²) in [7, 11) is 0. The molecule has 6 unspecified atom stereocenters. The first-order valence-corrected chi connectivity index (χ1v) is 5.22. The molecule has 4 rings (SSSR count). The van der Waals surface area contributed by atoms with Gasteiger partial charge in [0.2, 0.25) is 0 Å². The number of aliphatic hydroxyl groups is 3. The highest BCUT2D eigenvalue weighted by Crippen LogP contribution is 2.53. The Hall–Kier alpha value is -0.120. The van der Waals surface area contributed by atoms with E-state index in [2.05, 4.69) is 0 Å². The summed E-state index contributed by atoms with van der Waals surface area (Å²) >= 11 is 0. The van der Waals surface area contributed by atoms with Gasteiger partial charge < -0.3 is 15.3 Å². The largest absolute Gasteiger partial charge is 0.392 e. The van der Waals surface area contributed by atoms with E-state index in [1.165, 1.54) is 0 Å². The maximum absolute atomic E-state index is 9.85. The van der Waals surface area contributed by atoms with Crippen molar-refractivity contribution in [3.05, 3.63) is 0 Å². The molecule has 4 bridgehead atoms. The van der Waals surface area contributed by atoms with Gasteiger partial charge in [0, 0.05) is 11.8 Å². The predicted molar refractivity (Wildman–Crippen MR) is 45.8 cm³/mol. The van der Waals surface area contributed by atoms with Crippen molar-refractivity contribution in [2.75, 3.05) is 0 Å². The van der Waals surface area contributed by atoms with Crippen LogP contribution in [0.4, 0.5) is 0 Å². The van der Waals surface area contributed by atoms with Crippen molar-refractivity contribution in [1.82, 2.24) is 0 Å². The van der Waals surface area contributed by atoms with Gasteiger partial charge in [0.25, 0.3) is 0 Å². The Morgan fingerprint density at radius 3 is 1.54 bits per heavy atom. The first kappa shape index (κ1) is 8.21. The summed E-state index contributed by atoms with van der Waals surface area (Å²) < 4.78 is 0. The summed E-state index contributed by atoms with van der Waals surface area (Å²) in [4.78, 5) is 0. The van der Waals surface area contributed by atoms with Gasteiger partial charge in [0.15, 0.2) is 0 Å². The fourth-order valence-corrected chi connectivity index (χ4v) is 3.82. The lowest BCUT2D eigenvalue weighted by atomic mass is 9.52. The van der Waals surface area contributed by atoms with E-state index in [0.29, 0.717) is 11.8 Å². The third-order valence-corrected chi connectivity index (χ3v) is 4.48. The average molecular weight is 184 g/mol. The molecule has 4 aliphatic carbocycles. The highest BCUT2D eigenvalue weighted by atomic mass is 16.3. The topological polar surface area (TPSA) is 60.7 Å². The van der Waals surface area contributed by atoms with Gasteiger partial charge >= 0.3 is 0 Å². The quantitative estimate of drug-likeness (QED) is 0.486. The molecular formula is C10H16O3. The molecule has 0 aromatic heterocycles. The molecule has 0 aliphatic heterocycles. The molecule has 4 saturated carbocycles. The Balaban J connectivity index is 1.95. The number of rotatable bonds is 0. The molecule has 3 N–H and O–H groups in total. The number of hydrogen-bond acceptors (Lipinski definition) is 3. The van der Waals surface area contributed by atoms with Crippen LogP contribution in [0.2, 0.25) is 0 Å². The molecule has 0 amide bonds. The maximum atomic E-state index is 9.85. The van der Waals surface area contributed by atoms with Crippen LogP contribution in [0.1, 0.15) is 19.3 Å².